The van der Waals surface area contributed by atoms with Gasteiger partial charge in [-0.15, -0.1) is 0 Å². The van der Waals surface area contributed by atoms with Gasteiger partial charge in [0.2, 0.25) is 0 Å². The summed E-state index contributed by atoms with van der Waals surface area (Å²) in [5, 5.41) is 10.5. The van der Waals surface area contributed by atoms with Crippen LogP contribution >= 0.6 is 0 Å². The number of nitrogens with zero attached hydrogens (tertiary/aromatic N) is 2. The van der Waals surface area contributed by atoms with E-state index in [9.17, 15) is 9.90 Å². The third-order valence-corrected chi connectivity index (χ3v) is 3.41. The quantitative estimate of drug-likeness (QED) is 0.924. The van der Waals surface area contributed by atoms with E-state index in [1.165, 1.54) is 7.11 Å². The molecule has 2 heterocycles. The number of amides is 1. The number of hydrogen-bond acceptors (Lipinski definition) is 5. The average molecular weight is 294 g/mol. The summed E-state index contributed by atoms with van der Waals surface area (Å²) in [4.78, 5) is 17.6. The molecule has 1 aliphatic rings. The van der Waals surface area contributed by atoms with Gasteiger partial charge in [-0.25, -0.2) is 4.79 Å². The summed E-state index contributed by atoms with van der Waals surface area (Å²) in [6.45, 7) is 6.04. The maximum absolute atomic E-state index is 12.1. The molecule has 0 bridgehead atoms. The number of likely N-dealkylation sites (tertiary alicyclic amines) is 1. The Morgan fingerprint density at radius 3 is 2.76 bits per heavy atom. The van der Waals surface area contributed by atoms with Crippen LogP contribution < -0.4 is 4.74 Å². The van der Waals surface area contributed by atoms with Crippen LogP contribution in [0.3, 0.4) is 0 Å². The van der Waals surface area contributed by atoms with Gasteiger partial charge in [0, 0.05) is 24.5 Å². The first-order chi connectivity index (χ1) is 9.83. The highest BCUT2D eigenvalue weighted by molar-refractivity contribution is 5.69. The van der Waals surface area contributed by atoms with Gasteiger partial charge >= 0.3 is 6.09 Å². The lowest BCUT2D eigenvalue weighted by molar-refractivity contribution is -0.0415. The maximum atomic E-state index is 12.1. The molecule has 1 N–H and O–H groups in total. The van der Waals surface area contributed by atoms with Crippen LogP contribution in [0.25, 0.3) is 0 Å². The van der Waals surface area contributed by atoms with E-state index < -0.39 is 17.8 Å². The van der Waals surface area contributed by atoms with E-state index >= 15 is 0 Å². The van der Waals surface area contributed by atoms with Gasteiger partial charge in [-0.2, -0.15) is 0 Å². The van der Waals surface area contributed by atoms with Crippen molar-refractivity contribution in [2.75, 3.05) is 13.7 Å². The highest BCUT2D eigenvalue weighted by Gasteiger charge is 2.40. The summed E-state index contributed by atoms with van der Waals surface area (Å²) in [5.74, 6) is 0.563. The Bertz CT molecular complexity index is 513. The zero-order valence-electron chi connectivity index (χ0n) is 12.9. The second-order valence-corrected chi connectivity index (χ2v) is 6.09. The Hall–Kier alpha value is -1.82. The highest BCUT2D eigenvalue weighted by atomic mass is 16.6. The molecular weight excluding hydrogens is 272 g/mol. The molecule has 1 amide bonds. The molecule has 1 saturated heterocycles. The van der Waals surface area contributed by atoms with Crippen LogP contribution in [0.2, 0.25) is 0 Å². The molecule has 0 spiro atoms. The van der Waals surface area contributed by atoms with Crippen LogP contribution in [-0.2, 0) is 4.74 Å². The van der Waals surface area contributed by atoms with E-state index in [1.54, 1.807) is 23.4 Å². The van der Waals surface area contributed by atoms with E-state index in [0.29, 0.717) is 17.9 Å². The van der Waals surface area contributed by atoms with Crippen molar-refractivity contribution in [3.05, 3.63) is 24.0 Å². The third kappa shape index (κ3) is 3.44. The molecule has 0 radical (unpaired) electrons. The van der Waals surface area contributed by atoms with E-state index in [0.717, 1.165) is 6.42 Å². The largest absolute Gasteiger partial charge is 0.496 e. The van der Waals surface area contributed by atoms with Crippen LogP contribution in [0.15, 0.2) is 18.5 Å². The Kier molecular flexibility index (Phi) is 4.37. The Balaban J connectivity index is 2.10. The van der Waals surface area contributed by atoms with Gasteiger partial charge in [0.15, 0.2) is 0 Å². The smallest absolute Gasteiger partial charge is 0.410 e. The monoisotopic (exact) mass is 294 g/mol. The number of pyridine rings is 1. The van der Waals surface area contributed by atoms with Crippen molar-refractivity contribution < 1.29 is 19.4 Å². The number of rotatable bonds is 3. The summed E-state index contributed by atoms with van der Waals surface area (Å²) in [7, 11) is 1.54. The van der Waals surface area contributed by atoms with Gasteiger partial charge in [0.05, 0.1) is 13.2 Å². The molecule has 1 aliphatic heterocycles. The van der Waals surface area contributed by atoms with Crippen molar-refractivity contribution in [2.45, 2.75) is 44.9 Å². The van der Waals surface area contributed by atoms with Crippen molar-refractivity contribution in [2.24, 2.45) is 0 Å². The fourth-order valence-electron chi connectivity index (χ4n) is 2.29. The molecule has 0 aliphatic carbocycles. The van der Waals surface area contributed by atoms with E-state index in [2.05, 4.69) is 4.98 Å². The molecule has 1 aromatic rings. The van der Waals surface area contributed by atoms with Crippen molar-refractivity contribution in [1.29, 1.82) is 0 Å². The van der Waals surface area contributed by atoms with E-state index in [-0.39, 0.29) is 6.04 Å². The summed E-state index contributed by atoms with van der Waals surface area (Å²) in [6, 6.07) is 1.38. The molecular formula is C15H22N2O4. The number of methoxy groups -OCH3 is 1. The molecule has 116 valence electrons. The Labute approximate surface area is 124 Å². The second kappa shape index (κ2) is 5.89. The number of ether oxygens (including phenoxy) is 2. The summed E-state index contributed by atoms with van der Waals surface area (Å²) in [5.41, 5.74) is 0.0343. The summed E-state index contributed by atoms with van der Waals surface area (Å²) < 4.78 is 10.6. The Morgan fingerprint density at radius 2 is 2.24 bits per heavy atom. The van der Waals surface area contributed by atoms with Gasteiger partial charge in [0.25, 0.3) is 0 Å². The minimum absolute atomic E-state index is 0.307. The number of aliphatic hydroxyl groups is 1. The van der Waals surface area contributed by atoms with E-state index in [1.807, 2.05) is 20.8 Å². The molecule has 6 nitrogen and oxygen atoms in total. The topological polar surface area (TPSA) is 71.9 Å². The lowest BCUT2D eigenvalue weighted by Gasteiger charge is -2.43. The van der Waals surface area contributed by atoms with Crippen LogP contribution in [0.4, 0.5) is 4.79 Å². The molecule has 0 saturated carbocycles. The second-order valence-electron chi connectivity index (χ2n) is 6.09. The molecule has 1 aromatic heterocycles. The van der Waals surface area contributed by atoms with Crippen LogP contribution in [0.1, 0.15) is 38.9 Å². The van der Waals surface area contributed by atoms with Gasteiger partial charge in [-0.1, -0.05) is 0 Å². The summed E-state index contributed by atoms with van der Waals surface area (Å²) >= 11 is 0. The van der Waals surface area contributed by atoms with Crippen molar-refractivity contribution in [3.63, 3.8) is 0 Å². The number of carbonyl (C=O) groups is 1. The highest BCUT2D eigenvalue weighted by Crippen LogP contribution is 2.35. The van der Waals surface area contributed by atoms with Crippen LogP contribution in [0, 0.1) is 0 Å². The standard InChI is InChI=1S/C15H22N2O4/c1-15(2,3)21-14(19)17-8-6-11(17)13(18)10-9-16-7-5-12(10)20-4/h5,7,9,11,13,18H,6,8H2,1-4H3/t11-,13?/m1/s1. The van der Waals surface area contributed by atoms with E-state index in [4.69, 9.17) is 9.47 Å². The zero-order valence-corrected chi connectivity index (χ0v) is 12.9. The van der Waals surface area contributed by atoms with Crippen molar-refractivity contribution >= 4 is 6.09 Å². The first kappa shape index (κ1) is 15.6. The normalized spacial score (nSPS) is 19.7. The molecule has 2 atom stereocenters. The lowest BCUT2D eigenvalue weighted by atomic mass is 9.93. The summed E-state index contributed by atoms with van der Waals surface area (Å²) in [6.07, 6.45) is 2.64. The lowest BCUT2D eigenvalue weighted by Crippen LogP contribution is -2.55. The predicted octanol–water partition coefficient (Wildman–Crippen LogP) is 2.13. The molecule has 2 rings (SSSR count). The van der Waals surface area contributed by atoms with Gasteiger partial charge in [-0.3, -0.25) is 4.98 Å². The number of aromatic nitrogens is 1. The number of aliphatic hydroxyl groups excluding tert-OH is 1. The molecule has 1 unspecified atom stereocenters. The fourth-order valence-corrected chi connectivity index (χ4v) is 2.29. The van der Waals surface area contributed by atoms with Crippen LogP contribution in [0.5, 0.6) is 5.75 Å². The average Bonchev–Trinajstić information content (AvgIpc) is 2.34. The first-order valence-electron chi connectivity index (χ1n) is 6.99. The minimum atomic E-state index is -0.838. The fraction of sp³-hybridized carbons (Fsp3) is 0.600. The SMILES string of the molecule is COc1ccncc1C(O)[C@H]1CCN1C(=O)OC(C)(C)C. The molecule has 6 heteroatoms. The van der Waals surface area contributed by atoms with Crippen molar-refractivity contribution in [3.8, 4) is 5.75 Å². The predicted molar refractivity (Wildman–Crippen MR) is 77.1 cm³/mol. The van der Waals surface area contributed by atoms with Gasteiger partial charge < -0.3 is 19.5 Å². The van der Waals surface area contributed by atoms with Gasteiger partial charge in [0.1, 0.15) is 17.5 Å². The minimum Gasteiger partial charge on any atom is -0.496 e. The molecule has 0 aromatic carbocycles. The number of carbonyl (C=O) groups excluding carboxylic acids is 1. The molecule has 21 heavy (non-hydrogen) atoms. The van der Waals surface area contributed by atoms with Crippen molar-refractivity contribution in [1.82, 2.24) is 9.88 Å². The molecule has 1 fully saturated rings. The third-order valence-electron chi connectivity index (χ3n) is 3.41. The maximum Gasteiger partial charge on any atom is 0.410 e. The first-order valence-corrected chi connectivity index (χ1v) is 6.99. The Morgan fingerprint density at radius 1 is 1.52 bits per heavy atom. The number of hydrogen-bond donors (Lipinski definition) is 1. The zero-order chi connectivity index (χ0) is 15.6. The van der Waals surface area contributed by atoms with Gasteiger partial charge in [-0.05, 0) is 33.3 Å². The van der Waals surface area contributed by atoms with Crippen LogP contribution in [-0.4, -0.2) is 46.4 Å².